The van der Waals surface area contributed by atoms with Crippen LogP contribution in [0, 0.1) is 17.8 Å². The molecule has 0 spiro atoms. The van der Waals surface area contributed by atoms with Gasteiger partial charge >= 0.3 is 0 Å². The molecule has 1 heterocycles. The summed E-state index contributed by atoms with van der Waals surface area (Å²) in [5, 5.41) is 9.29. The van der Waals surface area contributed by atoms with Gasteiger partial charge in [-0.1, -0.05) is 6.92 Å². The predicted octanol–water partition coefficient (Wildman–Crippen LogP) is 0.788. The van der Waals surface area contributed by atoms with E-state index in [2.05, 4.69) is 6.92 Å². The fraction of sp³-hybridized carbons (Fsp3) is 0.833. The van der Waals surface area contributed by atoms with Gasteiger partial charge in [0.1, 0.15) is 0 Å². The fourth-order valence-corrected chi connectivity index (χ4v) is 2.90. The normalized spacial score (nSPS) is 36.4. The van der Waals surface area contributed by atoms with Crippen LogP contribution in [0.3, 0.4) is 0 Å². The van der Waals surface area contributed by atoms with Crippen molar-refractivity contribution in [3.63, 3.8) is 0 Å². The third-order valence-electron chi connectivity index (χ3n) is 3.73. The smallest absolute Gasteiger partial charge is 0.233 e. The molecule has 0 bridgehead atoms. The number of imide groups is 1. The molecule has 16 heavy (non-hydrogen) atoms. The molecule has 1 aliphatic heterocycles. The average molecular weight is 225 g/mol. The predicted molar refractivity (Wildman–Crippen MR) is 58.4 cm³/mol. The first-order chi connectivity index (χ1) is 7.50. The Hall–Kier alpha value is -0.900. The molecule has 1 saturated heterocycles. The Bertz CT molecular complexity index is 313. The molecular weight excluding hydrogens is 206 g/mol. The third-order valence-corrected chi connectivity index (χ3v) is 3.73. The SMILES string of the molecule is CC(O)CN1C(=O)C2CCC(C)CC2C1=O. The van der Waals surface area contributed by atoms with Crippen molar-refractivity contribution >= 4 is 11.8 Å². The highest BCUT2D eigenvalue weighted by molar-refractivity contribution is 6.05. The summed E-state index contributed by atoms with van der Waals surface area (Å²) in [5.74, 6) is 0.173. The second kappa shape index (κ2) is 4.17. The van der Waals surface area contributed by atoms with Gasteiger partial charge in [0, 0.05) is 0 Å². The molecule has 0 aromatic heterocycles. The molecule has 4 atom stereocenters. The van der Waals surface area contributed by atoms with E-state index in [9.17, 15) is 14.7 Å². The lowest BCUT2D eigenvalue weighted by Gasteiger charge is -2.25. The summed E-state index contributed by atoms with van der Waals surface area (Å²) < 4.78 is 0. The zero-order chi connectivity index (χ0) is 11.9. The number of rotatable bonds is 2. The van der Waals surface area contributed by atoms with Gasteiger partial charge in [-0.3, -0.25) is 14.5 Å². The van der Waals surface area contributed by atoms with Crippen molar-refractivity contribution in [1.82, 2.24) is 4.90 Å². The molecule has 0 aromatic carbocycles. The van der Waals surface area contributed by atoms with E-state index in [1.54, 1.807) is 6.92 Å². The Morgan fingerprint density at radius 2 is 1.94 bits per heavy atom. The number of aliphatic hydroxyl groups excluding tert-OH is 1. The molecule has 2 aliphatic rings. The van der Waals surface area contributed by atoms with Crippen LogP contribution in [0.4, 0.5) is 0 Å². The van der Waals surface area contributed by atoms with Crippen LogP contribution >= 0.6 is 0 Å². The molecule has 0 aromatic rings. The van der Waals surface area contributed by atoms with Crippen LogP contribution in [-0.4, -0.2) is 34.5 Å². The molecule has 4 unspecified atom stereocenters. The molecule has 1 N–H and O–H groups in total. The monoisotopic (exact) mass is 225 g/mol. The first-order valence-corrected chi connectivity index (χ1v) is 6.04. The Labute approximate surface area is 95.6 Å². The molecule has 0 radical (unpaired) electrons. The van der Waals surface area contributed by atoms with E-state index in [1.807, 2.05) is 0 Å². The number of aliphatic hydroxyl groups is 1. The molecule has 1 saturated carbocycles. The van der Waals surface area contributed by atoms with Crippen LogP contribution in [0.1, 0.15) is 33.1 Å². The third kappa shape index (κ3) is 1.86. The van der Waals surface area contributed by atoms with Gasteiger partial charge in [-0.2, -0.15) is 0 Å². The summed E-state index contributed by atoms with van der Waals surface area (Å²) in [7, 11) is 0. The van der Waals surface area contributed by atoms with Crippen LogP contribution in [-0.2, 0) is 9.59 Å². The van der Waals surface area contributed by atoms with Crippen LogP contribution in [0.5, 0.6) is 0 Å². The first kappa shape index (κ1) is 11.6. The molecular formula is C12H19NO3. The van der Waals surface area contributed by atoms with E-state index in [0.29, 0.717) is 5.92 Å². The van der Waals surface area contributed by atoms with Gasteiger partial charge in [0.25, 0.3) is 0 Å². The standard InChI is InChI=1S/C12H19NO3/c1-7-3-4-9-10(5-7)12(16)13(11(9)15)6-8(2)14/h7-10,14H,3-6H2,1-2H3. The number of amides is 2. The van der Waals surface area contributed by atoms with Gasteiger partial charge in [0.05, 0.1) is 24.5 Å². The highest BCUT2D eigenvalue weighted by Crippen LogP contribution is 2.40. The molecule has 2 amide bonds. The van der Waals surface area contributed by atoms with E-state index < -0.39 is 6.10 Å². The van der Waals surface area contributed by atoms with Gasteiger partial charge in [-0.05, 0) is 32.1 Å². The summed E-state index contributed by atoms with van der Waals surface area (Å²) in [5.41, 5.74) is 0. The Morgan fingerprint density at radius 3 is 2.56 bits per heavy atom. The molecule has 4 heteroatoms. The lowest BCUT2D eigenvalue weighted by molar-refractivity contribution is -0.141. The second-order valence-electron chi connectivity index (χ2n) is 5.27. The Kier molecular flexibility index (Phi) is 3.02. The Balaban J connectivity index is 2.14. The summed E-state index contributed by atoms with van der Waals surface area (Å²) in [6.07, 6.45) is 2.05. The highest BCUT2D eigenvalue weighted by atomic mass is 16.3. The summed E-state index contributed by atoms with van der Waals surface area (Å²) in [6, 6.07) is 0. The van der Waals surface area contributed by atoms with E-state index in [-0.39, 0.29) is 30.2 Å². The maximum Gasteiger partial charge on any atom is 0.233 e. The lowest BCUT2D eigenvalue weighted by Crippen LogP contribution is -2.36. The minimum absolute atomic E-state index is 0.0669. The number of nitrogens with zero attached hydrogens (tertiary/aromatic N) is 1. The summed E-state index contributed by atoms with van der Waals surface area (Å²) >= 11 is 0. The number of hydrogen-bond acceptors (Lipinski definition) is 3. The number of likely N-dealkylation sites (tertiary alicyclic amines) is 1. The number of β-amino-alcohol motifs (C(OH)–C–C–N with tert-alkyl or cyclic N) is 1. The van der Waals surface area contributed by atoms with Crippen molar-refractivity contribution in [3.05, 3.63) is 0 Å². The fourth-order valence-electron chi connectivity index (χ4n) is 2.90. The Morgan fingerprint density at radius 1 is 1.31 bits per heavy atom. The van der Waals surface area contributed by atoms with Crippen molar-refractivity contribution < 1.29 is 14.7 Å². The van der Waals surface area contributed by atoms with Gasteiger partial charge in [0.2, 0.25) is 11.8 Å². The molecule has 2 rings (SSSR count). The topological polar surface area (TPSA) is 57.6 Å². The maximum absolute atomic E-state index is 12.0. The maximum atomic E-state index is 12.0. The van der Waals surface area contributed by atoms with E-state index in [1.165, 1.54) is 4.90 Å². The van der Waals surface area contributed by atoms with Crippen LogP contribution < -0.4 is 0 Å². The second-order valence-corrected chi connectivity index (χ2v) is 5.27. The van der Waals surface area contributed by atoms with Crippen molar-refractivity contribution in [1.29, 1.82) is 0 Å². The number of carbonyl (C=O) groups is 2. The average Bonchev–Trinajstić information content (AvgIpc) is 2.43. The first-order valence-electron chi connectivity index (χ1n) is 6.04. The minimum atomic E-state index is -0.634. The minimum Gasteiger partial charge on any atom is -0.392 e. The van der Waals surface area contributed by atoms with Gasteiger partial charge in [-0.15, -0.1) is 0 Å². The van der Waals surface area contributed by atoms with Crippen LogP contribution in [0.2, 0.25) is 0 Å². The van der Waals surface area contributed by atoms with Crippen molar-refractivity contribution in [2.24, 2.45) is 17.8 Å². The number of carbonyl (C=O) groups excluding carboxylic acids is 2. The molecule has 1 aliphatic carbocycles. The van der Waals surface area contributed by atoms with E-state index >= 15 is 0 Å². The molecule has 4 nitrogen and oxygen atoms in total. The van der Waals surface area contributed by atoms with Gasteiger partial charge in [-0.25, -0.2) is 0 Å². The van der Waals surface area contributed by atoms with Gasteiger partial charge in [0.15, 0.2) is 0 Å². The van der Waals surface area contributed by atoms with Gasteiger partial charge < -0.3 is 5.11 Å². The van der Waals surface area contributed by atoms with E-state index in [0.717, 1.165) is 19.3 Å². The van der Waals surface area contributed by atoms with Crippen molar-refractivity contribution in [3.8, 4) is 0 Å². The van der Waals surface area contributed by atoms with Crippen LogP contribution in [0.15, 0.2) is 0 Å². The summed E-state index contributed by atoms with van der Waals surface area (Å²) in [6.45, 7) is 3.88. The van der Waals surface area contributed by atoms with Crippen LogP contribution in [0.25, 0.3) is 0 Å². The molecule has 90 valence electrons. The lowest BCUT2D eigenvalue weighted by atomic mass is 9.76. The quantitative estimate of drug-likeness (QED) is 0.707. The zero-order valence-corrected chi connectivity index (χ0v) is 9.85. The van der Waals surface area contributed by atoms with E-state index in [4.69, 9.17) is 0 Å². The van der Waals surface area contributed by atoms with Crippen molar-refractivity contribution in [2.75, 3.05) is 6.54 Å². The summed E-state index contributed by atoms with van der Waals surface area (Å²) in [4.78, 5) is 25.3. The number of fused-ring (bicyclic) bond motifs is 1. The van der Waals surface area contributed by atoms with Crippen molar-refractivity contribution in [2.45, 2.75) is 39.2 Å². The zero-order valence-electron chi connectivity index (χ0n) is 9.85. The number of hydrogen-bond donors (Lipinski definition) is 1. The highest BCUT2D eigenvalue weighted by Gasteiger charge is 2.49. The molecule has 2 fully saturated rings. The largest absolute Gasteiger partial charge is 0.392 e.